The summed E-state index contributed by atoms with van der Waals surface area (Å²) in [5.74, 6) is -0.555. The van der Waals surface area contributed by atoms with Gasteiger partial charge in [-0.3, -0.25) is 9.59 Å². The molecule has 2 aromatic carbocycles. The van der Waals surface area contributed by atoms with E-state index in [4.69, 9.17) is 11.6 Å². The predicted octanol–water partition coefficient (Wildman–Crippen LogP) is 2.06. The number of sulfonamides is 1. The van der Waals surface area contributed by atoms with Gasteiger partial charge >= 0.3 is 0 Å². The average Bonchev–Trinajstić information content (AvgIpc) is 2.79. The van der Waals surface area contributed by atoms with E-state index in [-0.39, 0.29) is 34.4 Å². The molecule has 0 atom stereocenters. The van der Waals surface area contributed by atoms with Crippen molar-refractivity contribution in [1.29, 1.82) is 0 Å². The highest BCUT2D eigenvalue weighted by molar-refractivity contribution is 7.89. The first-order valence-corrected chi connectivity index (χ1v) is 12.1. The summed E-state index contributed by atoms with van der Waals surface area (Å²) < 4.78 is 25.7. The molecule has 172 valence electrons. The highest BCUT2D eigenvalue weighted by atomic mass is 35.5. The Morgan fingerprint density at radius 1 is 1.03 bits per heavy atom. The second kappa shape index (κ2) is 10.3. The normalized spacial score (nSPS) is 14.5. The summed E-state index contributed by atoms with van der Waals surface area (Å²) in [6.45, 7) is 2.89. The number of halogens is 1. The molecule has 32 heavy (non-hydrogen) atoms. The number of carbonyl (C=O) groups is 2. The topological polar surface area (TPSA) is 90.0 Å². The summed E-state index contributed by atoms with van der Waals surface area (Å²) in [6, 6.07) is 14.0. The monoisotopic (exact) mass is 478 g/mol. The summed E-state index contributed by atoms with van der Waals surface area (Å²) in [6.07, 6.45) is 0.157. The van der Waals surface area contributed by atoms with E-state index in [2.05, 4.69) is 22.3 Å². The maximum absolute atomic E-state index is 12.5. The third kappa shape index (κ3) is 5.59. The molecule has 1 aliphatic heterocycles. The molecule has 8 nitrogen and oxygen atoms in total. The Morgan fingerprint density at radius 2 is 1.69 bits per heavy atom. The van der Waals surface area contributed by atoms with Gasteiger partial charge in [-0.05, 0) is 30.3 Å². The lowest BCUT2D eigenvalue weighted by molar-refractivity contribution is -0.131. The van der Waals surface area contributed by atoms with E-state index in [1.165, 1.54) is 32.3 Å². The molecular formula is C22H27ClN4O4S. The molecule has 10 heteroatoms. The number of benzene rings is 2. The van der Waals surface area contributed by atoms with Crippen LogP contribution in [-0.2, 0) is 14.8 Å². The minimum Gasteiger partial charge on any atom is -0.368 e. The largest absolute Gasteiger partial charge is 0.368 e. The van der Waals surface area contributed by atoms with Gasteiger partial charge in [-0.25, -0.2) is 12.7 Å². The Morgan fingerprint density at radius 3 is 2.31 bits per heavy atom. The van der Waals surface area contributed by atoms with Gasteiger partial charge in [0, 0.05) is 58.9 Å². The molecule has 1 N–H and O–H groups in total. The first kappa shape index (κ1) is 24.0. The van der Waals surface area contributed by atoms with Gasteiger partial charge in [0.2, 0.25) is 15.9 Å². The van der Waals surface area contributed by atoms with E-state index >= 15 is 0 Å². The Balaban J connectivity index is 1.51. The van der Waals surface area contributed by atoms with Crippen molar-refractivity contribution >= 4 is 39.1 Å². The minimum atomic E-state index is -3.69. The Bertz CT molecular complexity index is 1070. The van der Waals surface area contributed by atoms with Crippen molar-refractivity contribution in [3.8, 4) is 0 Å². The van der Waals surface area contributed by atoms with Gasteiger partial charge in [-0.15, -0.1) is 0 Å². The van der Waals surface area contributed by atoms with Crippen LogP contribution >= 0.6 is 11.6 Å². The highest BCUT2D eigenvalue weighted by Gasteiger charge is 2.23. The maximum Gasteiger partial charge on any atom is 0.252 e. The minimum absolute atomic E-state index is 0.0237. The lowest BCUT2D eigenvalue weighted by Gasteiger charge is -2.36. The molecular weight excluding hydrogens is 452 g/mol. The molecule has 0 bridgehead atoms. The van der Waals surface area contributed by atoms with Crippen LogP contribution in [0.25, 0.3) is 0 Å². The van der Waals surface area contributed by atoms with Gasteiger partial charge in [-0.2, -0.15) is 0 Å². The van der Waals surface area contributed by atoms with Crippen LogP contribution in [0, 0.1) is 0 Å². The number of amides is 2. The van der Waals surface area contributed by atoms with Gasteiger partial charge < -0.3 is 15.1 Å². The van der Waals surface area contributed by atoms with Crippen molar-refractivity contribution in [1.82, 2.24) is 14.5 Å². The lowest BCUT2D eigenvalue weighted by atomic mass is 10.2. The molecule has 0 aromatic heterocycles. The van der Waals surface area contributed by atoms with Crippen LogP contribution in [0.1, 0.15) is 16.8 Å². The number of para-hydroxylation sites is 1. The van der Waals surface area contributed by atoms with Crippen molar-refractivity contribution in [3.05, 3.63) is 59.1 Å². The third-order valence-electron chi connectivity index (χ3n) is 5.34. The van der Waals surface area contributed by atoms with E-state index in [1.54, 1.807) is 4.90 Å². The fourth-order valence-electron chi connectivity index (χ4n) is 3.44. The molecule has 1 saturated heterocycles. The molecule has 0 radical (unpaired) electrons. The molecule has 3 rings (SSSR count). The SMILES string of the molecule is CN(C)S(=O)(=O)c1ccc(Cl)c(C(=O)NCCC(=O)N2CCN(c3ccccc3)CC2)c1. The number of piperazine rings is 1. The van der Waals surface area contributed by atoms with Crippen molar-refractivity contribution in [2.24, 2.45) is 0 Å². The van der Waals surface area contributed by atoms with Gasteiger partial charge in [0.15, 0.2) is 0 Å². The van der Waals surface area contributed by atoms with Crippen LogP contribution in [-0.4, -0.2) is 76.3 Å². The van der Waals surface area contributed by atoms with Crippen LogP contribution in [0.3, 0.4) is 0 Å². The van der Waals surface area contributed by atoms with Gasteiger partial charge in [0.25, 0.3) is 5.91 Å². The number of nitrogens with one attached hydrogen (secondary N) is 1. The summed E-state index contributed by atoms with van der Waals surface area (Å²) in [4.78, 5) is 29.1. The van der Waals surface area contributed by atoms with E-state index in [9.17, 15) is 18.0 Å². The van der Waals surface area contributed by atoms with E-state index in [0.717, 1.165) is 23.1 Å². The zero-order valence-corrected chi connectivity index (χ0v) is 19.7. The van der Waals surface area contributed by atoms with Crippen LogP contribution < -0.4 is 10.2 Å². The zero-order valence-electron chi connectivity index (χ0n) is 18.1. The molecule has 2 aromatic rings. The number of carbonyl (C=O) groups excluding carboxylic acids is 2. The standard InChI is InChI=1S/C22H27ClN4O4S/c1-25(2)32(30,31)18-8-9-20(23)19(16-18)22(29)24-11-10-21(28)27-14-12-26(13-15-27)17-6-4-3-5-7-17/h3-9,16H,10-15H2,1-2H3,(H,24,29). The molecule has 1 fully saturated rings. The molecule has 0 saturated carbocycles. The summed E-state index contributed by atoms with van der Waals surface area (Å²) in [5, 5.41) is 2.80. The van der Waals surface area contributed by atoms with Crippen LogP contribution in [0.15, 0.2) is 53.4 Å². The van der Waals surface area contributed by atoms with Crippen molar-refractivity contribution in [3.63, 3.8) is 0 Å². The molecule has 1 aliphatic rings. The van der Waals surface area contributed by atoms with Crippen LogP contribution in [0.2, 0.25) is 5.02 Å². The van der Waals surface area contributed by atoms with Crippen molar-refractivity contribution in [2.45, 2.75) is 11.3 Å². The summed E-state index contributed by atoms with van der Waals surface area (Å²) in [5.41, 5.74) is 1.20. The van der Waals surface area contributed by atoms with E-state index in [1.807, 2.05) is 18.2 Å². The van der Waals surface area contributed by atoms with E-state index in [0.29, 0.717) is 13.1 Å². The van der Waals surface area contributed by atoms with Crippen LogP contribution in [0.4, 0.5) is 5.69 Å². The predicted molar refractivity (Wildman–Crippen MR) is 125 cm³/mol. The number of hydrogen-bond donors (Lipinski definition) is 1. The quantitative estimate of drug-likeness (QED) is 0.658. The molecule has 0 aliphatic carbocycles. The fraction of sp³-hybridized carbons (Fsp3) is 0.364. The lowest BCUT2D eigenvalue weighted by Crippen LogP contribution is -2.49. The number of rotatable bonds is 7. The Hall–Kier alpha value is -2.62. The first-order chi connectivity index (χ1) is 15.2. The van der Waals surface area contributed by atoms with Gasteiger partial charge in [0.1, 0.15) is 0 Å². The number of nitrogens with zero attached hydrogens (tertiary/aromatic N) is 3. The Kier molecular flexibility index (Phi) is 7.76. The van der Waals surface area contributed by atoms with Crippen molar-refractivity contribution < 1.29 is 18.0 Å². The first-order valence-electron chi connectivity index (χ1n) is 10.3. The second-order valence-corrected chi connectivity index (χ2v) is 10.2. The average molecular weight is 479 g/mol. The zero-order chi connectivity index (χ0) is 23.3. The summed E-state index contributed by atoms with van der Waals surface area (Å²) in [7, 11) is -0.870. The highest BCUT2D eigenvalue weighted by Crippen LogP contribution is 2.22. The molecule has 0 unspecified atom stereocenters. The third-order valence-corrected chi connectivity index (χ3v) is 7.48. The molecule has 0 spiro atoms. The molecule has 1 heterocycles. The Labute approximate surface area is 193 Å². The summed E-state index contributed by atoms with van der Waals surface area (Å²) >= 11 is 6.10. The van der Waals surface area contributed by atoms with E-state index < -0.39 is 15.9 Å². The van der Waals surface area contributed by atoms with Gasteiger partial charge in [-0.1, -0.05) is 29.8 Å². The second-order valence-electron chi connectivity index (χ2n) is 7.64. The van der Waals surface area contributed by atoms with Gasteiger partial charge in [0.05, 0.1) is 15.5 Å². The fourth-order valence-corrected chi connectivity index (χ4v) is 4.57. The number of hydrogen-bond acceptors (Lipinski definition) is 5. The molecule has 2 amide bonds. The smallest absolute Gasteiger partial charge is 0.252 e. The number of anilines is 1. The maximum atomic E-state index is 12.5. The van der Waals surface area contributed by atoms with Crippen LogP contribution in [0.5, 0.6) is 0 Å². The van der Waals surface area contributed by atoms with Crippen molar-refractivity contribution in [2.75, 3.05) is 51.7 Å².